The van der Waals surface area contributed by atoms with Gasteiger partial charge in [-0.2, -0.15) is 0 Å². The summed E-state index contributed by atoms with van der Waals surface area (Å²) in [4.78, 5) is 14.6. The topological polar surface area (TPSA) is 45.5 Å². The summed E-state index contributed by atoms with van der Waals surface area (Å²) in [7, 11) is 0. The van der Waals surface area contributed by atoms with Crippen molar-refractivity contribution < 1.29 is 5.11 Å². The predicted octanol–water partition coefficient (Wildman–Crippen LogP) is 4.08. The summed E-state index contributed by atoms with van der Waals surface area (Å²) in [6, 6.07) is 25.6. The Labute approximate surface area is 173 Å². The van der Waals surface area contributed by atoms with E-state index in [0.717, 1.165) is 6.42 Å². The Hall–Kier alpha value is -2.69. The highest BCUT2D eigenvalue weighted by Gasteiger charge is 2.27. The maximum absolute atomic E-state index is 12.3. The van der Waals surface area contributed by atoms with E-state index >= 15 is 0 Å². The van der Waals surface area contributed by atoms with E-state index in [0.29, 0.717) is 26.1 Å². The fraction of sp³-hybridized carbons (Fsp3) is 0.320. The molecular formula is C25H30N2O2. The zero-order valence-electron chi connectivity index (χ0n) is 17.0. The fourth-order valence-corrected chi connectivity index (χ4v) is 3.71. The monoisotopic (exact) mass is 390 g/mol. The van der Waals surface area contributed by atoms with Gasteiger partial charge in [-0.3, -0.25) is 9.69 Å². The SMILES string of the molecule is CCC[C@@H](O)[C@H](Cn1ccccc1=O)N(Cc1ccccc1)Cc1ccccc1. The number of benzene rings is 2. The van der Waals surface area contributed by atoms with Crippen LogP contribution in [0.5, 0.6) is 0 Å². The quantitative estimate of drug-likeness (QED) is 0.567. The molecule has 152 valence electrons. The smallest absolute Gasteiger partial charge is 0.250 e. The molecule has 0 aliphatic carbocycles. The van der Waals surface area contributed by atoms with Gasteiger partial charge in [-0.25, -0.2) is 0 Å². The van der Waals surface area contributed by atoms with Crippen LogP contribution in [-0.4, -0.2) is 26.7 Å². The van der Waals surface area contributed by atoms with Crippen molar-refractivity contribution >= 4 is 0 Å². The molecule has 1 aromatic heterocycles. The molecule has 2 atom stereocenters. The van der Waals surface area contributed by atoms with Crippen LogP contribution in [0.3, 0.4) is 0 Å². The molecule has 1 heterocycles. The van der Waals surface area contributed by atoms with Gasteiger partial charge in [-0.1, -0.05) is 80.1 Å². The number of rotatable bonds is 10. The van der Waals surface area contributed by atoms with Crippen molar-refractivity contribution in [3.05, 3.63) is 107 Å². The number of aromatic nitrogens is 1. The molecular weight excluding hydrogens is 360 g/mol. The fourth-order valence-electron chi connectivity index (χ4n) is 3.71. The van der Waals surface area contributed by atoms with Gasteiger partial charge in [0, 0.05) is 31.9 Å². The average molecular weight is 391 g/mol. The van der Waals surface area contributed by atoms with Crippen LogP contribution in [-0.2, 0) is 19.6 Å². The normalized spacial score (nSPS) is 13.3. The molecule has 2 aromatic carbocycles. The van der Waals surface area contributed by atoms with Crippen LogP contribution < -0.4 is 5.56 Å². The number of hydrogen-bond acceptors (Lipinski definition) is 3. The maximum Gasteiger partial charge on any atom is 0.250 e. The van der Waals surface area contributed by atoms with E-state index in [2.05, 4.69) is 36.1 Å². The van der Waals surface area contributed by atoms with Crippen LogP contribution in [0.25, 0.3) is 0 Å². The van der Waals surface area contributed by atoms with Crippen molar-refractivity contribution in [1.82, 2.24) is 9.47 Å². The first-order valence-electron chi connectivity index (χ1n) is 10.3. The first-order valence-corrected chi connectivity index (χ1v) is 10.3. The first-order chi connectivity index (χ1) is 14.2. The van der Waals surface area contributed by atoms with Crippen LogP contribution in [0.2, 0.25) is 0 Å². The van der Waals surface area contributed by atoms with E-state index in [1.54, 1.807) is 22.9 Å². The molecule has 3 rings (SSSR count). The molecule has 0 saturated carbocycles. The van der Waals surface area contributed by atoms with Gasteiger partial charge in [-0.15, -0.1) is 0 Å². The van der Waals surface area contributed by atoms with Crippen molar-refractivity contribution in [1.29, 1.82) is 0 Å². The van der Waals surface area contributed by atoms with Crippen molar-refractivity contribution in [3.63, 3.8) is 0 Å². The summed E-state index contributed by atoms with van der Waals surface area (Å²) in [6.45, 7) is 3.96. The van der Waals surface area contributed by atoms with Gasteiger partial charge < -0.3 is 9.67 Å². The molecule has 0 saturated heterocycles. The van der Waals surface area contributed by atoms with Gasteiger partial charge in [-0.05, 0) is 23.6 Å². The molecule has 4 heteroatoms. The number of aliphatic hydroxyl groups is 1. The molecule has 0 spiro atoms. The van der Waals surface area contributed by atoms with Crippen molar-refractivity contribution in [2.75, 3.05) is 0 Å². The van der Waals surface area contributed by atoms with Gasteiger partial charge in [0.25, 0.3) is 5.56 Å². The zero-order chi connectivity index (χ0) is 20.5. The lowest BCUT2D eigenvalue weighted by atomic mass is 10.0. The van der Waals surface area contributed by atoms with Crippen LogP contribution >= 0.6 is 0 Å². The molecule has 29 heavy (non-hydrogen) atoms. The largest absolute Gasteiger partial charge is 0.391 e. The second-order valence-corrected chi connectivity index (χ2v) is 7.49. The second-order valence-electron chi connectivity index (χ2n) is 7.49. The minimum absolute atomic E-state index is 0.0411. The Kier molecular flexibility index (Phi) is 7.79. The summed E-state index contributed by atoms with van der Waals surface area (Å²) in [6.07, 6.45) is 2.88. The highest BCUT2D eigenvalue weighted by Crippen LogP contribution is 2.19. The van der Waals surface area contributed by atoms with Crippen molar-refractivity contribution in [3.8, 4) is 0 Å². The minimum Gasteiger partial charge on any atom is -0.391 e. The van der Waals surface area contributed by atoms with Crippen molar-refractivity contribution in [2.45, 2.75) is 51.5 Å². The molecule has 4 nitrogen and oxygen atoms in total. The summed E-state index contributed by atoms with van der Waals surface area (Å²) < 4.78 is 1.70. The van der Waals surface area contributed by atoms with Crippen LogP contribution in [0.1, 0.15) is 30.9 Å². The summed E-state index contributed by atoms with van der Waals surface area (Å²) in [5.74, 6) is 0. The molecule has 0 unspecified atom stereocenters. The molecule has 0 aliphatic heterocycles. The Bertz CT molecular complexity index is 867. The van der Waals surface area contributed by atoms with E-state index in [4.69, 9.17) is 0 Å². The van der Waals surface area contributed by atoms with E-state index < -0.39 is 6.10 Å². The van der Waals surface area contributed by atoms with E-state index in [-0.39, 0.29) is 11.6 Å². The number of hydrogen-bond donors (Lipinski definition) is 1. The van der Waals surface area contributed by atoms with Gasteiger partial charge in [0.1, 0.15) is 0 Å². The van der Waals surface area contributed by atoms with Crippen LogP contribution in [0.4, 0.5) is 0 Å². The van der Waals surface area contributed by atoms with Crippen LogP contribution in [0, 0.1) is 0 Å². The Morgan fingerprint density at radius 1 is 0.862 bits per heavy atom. The third kappa shape index (κ3) is 6.14. The van der Waals surface area contributed by atoms with Gasteiger partial charge in [0.05, 0.1) is 12.1 Å². The van der Waals surface area contributed by atoms with E-state index in [1.807, 2.05) is 42.5 Å². The first kappa shape index (κ1) is 21.0. The lowest BCUT2D eigenvalue weighted by Crippen LogP contribution is -2.47. The van der Waals surface area contributed by atoms with Gasteiger partial charge >= 0.3 is 0 Å². The zero-order valence-corrected chi connectivity index (χ0v) is 17.0. The third-order valence-electron chi connectivity index (χ3n) is 5.24. The maximum atomic E-state index is 12.3. The molecule has 3 aromatic rings. The third-order valence-corrected chi connectivity index (χ3v) is 5.24. The van der Waals surface area contributed by atoms with E-state index in [1.165, 1.54) is 11.1 Å². The second kappa shape index (κ2) is 10.7. The summed E-state index contributed by atoms with van der Waals surface area (Å²) in [5, 5.41) is 11.0. The van der Waals surface area contributed by atoms with E-state index in [9.17, 15) is 9.90 Å². The highest BCUT2D eigenvalue weighted by molar-refractivity contribution is 5.17. The van der Waals surface area contributed by atoms with Gasteiger partial charge in [0.15, 0.2) is 0 Å². The Morgan fingerprint density at radius 2 is 1.41 bits per heavy atom. The molecule has 0 aliphatic rings. The predicted molar refractivity (Wildman–Crippen MR) is 118 cm³/mol. The molecule has 1 N–H and O–H groups in total. The lowest BCUT2D eigenvalue weighted by Gasteiger charge is -2.35. The Morgan fingerprint density at radius 3 is 1.93 bits per heavy atom. The van der Waals surface area contributed by atoms with Crippen molar-refractivity contribution in [2.24, 2.45) is 0 Å². The number of pyridine rings is 1. The minimum atomic E-state index is -0.514. The number of aliphatic hydroxyl groups excluding tert-OH is 1. The highest BCUT2D eigenvalue weighted by atomic mass is 16.3. The Balaban J connectivity index is 1.93. The molecule has 0 amide bonds. The van der Waals surface area contributed by atoms with Gasteiger partial charge in [0.2, 0.25) is 0 Å². The standard InChI is InChI=1S/C25H30N2O2/c1-2-11-24(28)23(20-26-17-10-9-16-25(26)29)27(18-21-12-5-3-6-13-21)19-22-14-7-4-8-15-22/h3-10,12-17,23-24,28H,2,11,18-20H2,1H3/t23-,24+/m0/s1. The molecule has 0 fully saturated rings. The average Bonchev–Trinajstić information content (AvgIpc) is 2.74. The number of nitrogens with zero attached hydrogens (tertiary/aromatic N) is 2. The molecule has 0 radical (unpaired) electrons. The van der Waals surface area contributed by atoms with Crippen LogP contribution in [0.15, 0.2) is 89.9 Å². The summed E-state index contributed by atoms with van der Waals surface area (Å²) in [5.41, 5.74) is 2.34. The molecule has 0 bridgehead atoms. The lowest BCUT2D eigenvalue weighted by molar-refractivity contribution is 0.0239. The summed E-state index contributed by atoms with van der Waals surface area (Å²) >= 11 is 0.